The number of alkyl halides is 1. The molecule has 0 aromatic heterocycles. The molecule has 0 radical (unpaired) electrons. The molecule has 0 bridgehead atoms. The quantitative estimate of drug-likeness (QED) is 0.780. The van der Waals surface area contributed by atoms with Gasteiger partial charge in [0, 0.05) is 26.2 Å². The first-order chi connectivity index (χ1) is 9.69. The van der Waals surface area contributed by atoms with Crippen LogP contribution in [-0.4, -0.2) is 48.3 Å². The van der Waals surface area contributed by atoms with Gasteiger partial charge in [0.05, 0.1) is 0 Å². The molecule has 0 saturated carbocycles. The van der Waals surface area contributed by atoms with Crippen molar-refractivity contribution < 1.29 is 4.79 Å². The number of rotatable bonds is 5. The summed E-state index contributed by atoms with van der Waals surface area (Å²) in [5.41, 5.74) is 1.33. The van der Waals surface area contributed by atoms with Gasteiger partial charge in [-0.25, -0.2) is 0 Å². The van der Waals surface area contributed by atoms with E-state index in [0.29, 0.717) is 5.92 Å². The van der Waals surface area contributed by atoms with E-state index in [1.165, 1.54) is 12.0 Å². The van der Waals surface area contributed by atoms with Gasteiger partial charge in [-0.2, -0.15) is 0 Å². The molecule has 1 saturated heterocycles. The summed E-state index contributed by atoms with van der Waals surface area (Å²) in [7, 11) is 2.15. The van der Waals surface area contributed by atoms with Crippen molar-refractivity contribution in [3.05, 3.63) is 35.9 Å². The molecule has 4 heteroatoms. The van der Waals surface area contributed by atoms with E-state index in [-0.39, 0.29) is 11.8 Å². The Kier molecular flexibility index (Phi) is 5.86. The van der Waals surface area contributed by atoms with E-state index in [2.05, 4.69) is 36.2 Å². The molecule has 0 spiro atoms. The van der Waals surface area contributed by atoms with Crippen molar-refractivity contribution in [2.75, 3.05) is 32.6 Å². The highest BCUT2D eigenvalue weighted by atomic mass is 35.5. The number of halogens is 1. The maximum absolute atomic E-state index is 11.7. The normalized spacial score (nSPS) is 19.4. The Morgan fingerprint density at radius 1 is 1.40 bits per heavy atom. The van der Waals surface area contributed by atoms with Gasteiger partial charge in [0.15, 0.2) is 0 Å². The highest BCUT2D eigenvalue weighted by Crippen LogP contribution is 2.18. The maximum Gasteiger partial charge on any atom is 0.237 e. The average Bonchev–Trinajstić information content (AvgIpc) is 2.47. The molecular formula is C16H23ClN2O. The summed E-state index contributed by atoms with van der Waals surface area (Å²) in [6.07, 6.45) is 2.29. The van der Waals surface area contributed by atoms with Crippen LogP contribution in [0.25, 0.3) is 0 Å². The summed E-state index contributed by atoms with van der Waals surface area (Å²) in [6.45, 7) is 3.71. The van der Waals surface area contributed by atoms with E-state index in [0.717, 1.165) is 32.6 Å². The number of piperidine rings is 1. The number of carbonyl (C=O) groups excluding carboxylic acids is 1. The van der Waals surface area contributed by atoms with Crippen LogP contribution in [0, 0.1) is 5.92 Å². The van der Waals surface area contributed by atoms with Gasteiger partial charge in [0.1, 0.15) is 5.88 Å². The molecule has 1 aliphatic heterocycles. The number of hydrogen-bond acceptors (Lipinski definition) is 2. The minimum atomic E-state index is 0.0714. The highest BCUT2D eigenvalue weighted by molar-refractivity contribution is 6.27. The Morgan fingerprint density at radius 3 is 2.85 bits per heavy atom. The molecule has 1 fully saturated rings. The fourth-order valence-electron chi connectivity index (χ4n) is 2.93. The van der Waals surface area contributed by atoms with Gasteiger partial charge in [0.2, 0.25) is 5.91 Å². The molecule has 1 amide bonds. The third-order valence-corrected chi connectivity index (χ3v) is 4.08. The Bertz CT molecular complexity index is 424. The maximum atomic E-state index is 11.7. The van der Waals surface area contributed by atoms with Crippen molar-refractivity contribution in [2.45, 2.75) is 19.4 Å². The van der Waals surface area contributed by atoms with E-state index < -0.39 is 0 Å². The van der Waals surface area contributed by atoms with Gasteiger partial charge >= 0.3 is 0 Å². The van der Waals surface area contributed by atoms with Crippen molar-refractivity contribution >= 4 is 17.5 Å². The number of hydrogen-bond donors (Lipinski definition) is 0. The molecule has 0 N–H and O–H groups in total. The second kappa shape index (κ2) is 7.65. The fourth-order valence-corrected chi connectivity index (χ4v) is 3.09. The molecule has 1 heterocycles. The Hall–Kier alpha value is -1.06. The lowest BCUT2D eigenvalue weighted by molar-refractivity contribution is -0.130. The van der Waals surface area contributed by atoms with Gasteiger partial charge in [-0.1, -0.05) is 30.3 Å². The Morgan fingerprint density at radius 2 is 2.15 bits per heavy atom. The van der Waals surface area contributed by atoms with Crippen LogP contribution >= 0.6 is 11.6 Å². The second-order valence-corrected chi connectivity index (χ2v) is 5.93. The van der Waals surface area contributed by atoms with Gasteiger partial charge in [0.25, 0.3) is 0 Å². The van der Waals surface area contributed by atoms with E-state index in [4.69, 9.17) is 11.6 Å². The molecule has 110 valence electrons. The topological polar surface area (TPSA) is 23.6 Å². The summed E-state index contributed by atoms with van der Waals surface area (Å²) in [5.74, 6) is 0.735. The van der Waals surface area contributed by atoms with Crippen LogP contribution in [0.15, 0.2) is 30.3 Å². The smallest absolute Gasteiger partial charge is 0.237 e. The lowest BCUT2D eigenvalue weighted by Crippen LogP contribution is -2.43. The van der Waals surface area contributed by atoms with E-state index in [1.54, 1.807) is 0 Å². The number of amides is 1. The van der Waals surface area contributed by atoms with Crippen LogP contribution in [0.1, 0.15) is 18.4 Å². The molecule has 20 heavy (non-hydrogen) atoms. The van der Waals surface area contributed by atoms with Crippen LogP contribution in [0.3, 0.4) is 0 Å². The number of nitrogens with zero attached hydrogens (tertiary/aromatic N) is 2. The summed E-state index contributed by atoms with van der Waals surface area (Å²) in [6, 6.07) is 10.5. The molecule has 0 unspecified atom stereocenters. The highest BCUT2D eigenvalue weighted by Gasteiger charge is 2.23. The summed E-state index contributed by atoms with van der Waals surface area (Å²) in [5, 5.41) is 0. The third-order valence-electron chi connectivity index (χ3n) is 3.85. The van der Waals surface area contributed by atoms with Crippen molar-refractivity contribution in [2.24, 2.45) is 5.92 Å². The Labute approximate surface area is 126 Å². The molecule has 3 nitrogen and oxygen atoms in total. The molecule has 2 rings (SSSR count). The summed E-state index contributed by atoms with van der Waals surface area (Å²) < 4.78 is 0. The van der Waals surface area contributed by atoms with Crippen molar-refractivity contribution in [1.29, 1.82) is 0 Å². The molecule has 1 aliphatic rings. The zero-order chi connectivity index (χ0) is 14.4. The minimum Gasteiger partial charge on any atom is -0.341 e. The van der Waals surface area contributed by atoms with E-state index >= 15 is 0 Å². The lowest BCUT2D eigenvalue weighted by atomic mass is 9.97. The molecule has 1 aromatic carbocycles. The Balaban J connectivity index is 1.81. The fraction of sp³-hybridized carbons (Fsp3) is 0.562. The first-order valence-electron chi connectivity index (χ1n) is 7.25. The van der Waals surface area contributed by atoms with Crippen molar-refractivity contribution in [3.63, 3.8) is 0 Å². The molecule has 0 aliphatic carbocycles. The second-order valence-electron chi connectivity index (χ2n) is 5.66. The zero-order valence-corrected chi connectivity index (χ0v) is 12.9. The molecule has 1 atom stereocenters. The van der Waals surface area contributed by atoms with Crippen LogP contribution in [0.2, 0.25) is 0 Å². The van der Waals surface area contributed by atoms with E-state index in [9.17, 15) is 4.79 Å². The van der Waals surface area contributed by atoms with Gasteiger partial charge in [-0.3, -0.25) is 4.79 Å². The standard InChI is InChI=1S/C16H23ClN2O/c1-18(11-14-6-3-2-4-7-14)12-15-8-5-9-19(13-15)16(20)10-17/h2-4,6-7,15H,5,8-13H2,1H3/t15-/m0/s1. The average molecular weight is 295 g/mol. The van der Waals surface area contributed by atoms with Crippen LogP contribution in [-0.2, 0) is 11.3 Å². The van der Waals surface area contributed by atoms with Gasteiger partial charge in [-0.15, -0.1) is 11.6 Å². The van der Waals surface area contributed by atoms with Crippen molar-refractivity contribution in [3.8, 4) is 0 Å². The van der Waals surface area contributed by atoms with Crippen molar-refractivity contribution in [1.82, 2.24) is 9.80 Å². The van der Waals surface area contributed by atoms with E-state index in [1.807, 2.05) is 11.0 Å². The molecular weight excluding hydrogens is 272 g/mol. The third kappa shape index (κ3) is 4.50. The number of benzene rings is 1. The first-order valence-corrected chi connectivity index (χ1v) is 7.78. The largest absolute Gasteiger partial charge is 0.341 e. The molecule has 1 aromatic rings. The van der Waals surface area contributed by atoms with Gasteiger partial charge < -0.3 is 9.80 Å². The monoisotopic (exact) mass is 294 g/mol. The predicted molar refractivity (Wildman–Crippen MR) is 82.8 cm³/mol. The lowest BCUT2D eigenvalue weighted by Gasteiger charge is -2.34. The zero-order valence-electron chi connectivity index (χ0n) is 12.1. The van der Waals surface area contributed by atoms with Crippen LogP contribution in [0.5, 0.6) is 0 Å². The first kappa shape index (κ1) is 15.3. The minimum absolute atomic E-state index is 0.0714. The van der Waals surface area contributed by atoms with Gasteiger partial charge in [-0.05, 0) is 31.4 Å². The summed E-state index contributed by atoms with van der Waals surface area (Å²) in [4.78, 5) is 15.9. The summed E-state index contributed by atoms with van der Waals surface area (Å²) >= 11 is 5.64. The van der Waals surface area contributed by atoms with Crippen LogP contribution in [0.4, 0.5) is 0 Å². The van der Waals surface area contributed by atoms with Crippen LogP contribution < -0.4 is 0 Å². The predicted octanol–water partition coefficient (Wildman–Crippen LogP) is 2.60. The number of likely N-dealkylation sites (tertiary alicyclic amines) is 1. The SMILES string of the molecule is CN(Cc1ccccc1)C[C@@H]1CCCN(C(=O)CCl)C1. The number of carbonyl (C=O) groups is 1.